The Morgan fingerprint density at radius 1 is 1.09 bits per heavy atom. The van der Waals surface area contributed by atoms with Gasteiger partial charge >= 0.3 is 6.18 Å². The number of likely N-dealkylation sites (tertiary alicyclic amines) is 1. The zero-order valence-electron chi connectivity index (χ0n) is 18.2. The number of aromatic nitrogens is 4. The number of fused-ring (bicyclic) bond motifs is 1. The highest BCUT2D eigenvalue weighted by atomic mass is 19.4. The normalized spacial score (nSPS) is 15.1. The molecule has 33 heavy (non-hydrogen) atoms. The molecule has 1 aromatic carbocycles. The Morgan fingerprint density at radius 2 is 1.76 bits per heavy atom. The fraction of sp³-hybridized carbons (Fsp3) is 0.409. The summed E-state index contributed by atoms with van der Waals surface area (Å²) in [4.78, 5) is 34.5. The largest absolute Gasteiger partial charge is 0.453 e. The second-order valence-electron chi connectivity index (χ2n) is 8.08. The highest BCUT2D eigenvalue weighted by Crippen LogP contribution is 2.27. The first kappa shape index (κ1) is 22.7. The van der Waals surface area contributed by atoms with Gasteiger partial charge in [-0.05, 0) is 38.8 Å². The fourth-order valence-electron chi connectivity index (χ4n) is 3.98. The minimum absolute atomic E-state index is 0.00284. The van der Waals surface area contributed by atoms with E-state index >= 15 is 0 Å². The first-order valence-corrected chi connectivity index (χ1v) is 10.6. The predicted octanol–water partition coefficient (Wildman–Crippen LogP) is 2.72. The summed E-state index contributed by atoms with van der Waals surface area (Å²) in [6.07, 6.45) is -3.43. The van der Waals surface area contributed by atoms with Crippen molar-refractivity contribution in [2.45, 2.75) is 45.3 Å². The predicted molar refractivity (Wildman–Crippen MR) is 112 cm³/mol. The summed E-state index contributed by atoms with van der Waals surface area (Å²) in [7, 11) is 0. The molecule has 4 rings (SSSR count). The van der Waals surface area contributed by atoms with E-state index in [0.717, 1.165) is 4.52 Å². The fourth-order valence-corrected chi connectivity index (χ4v) is 3.98. The van der Waals surface area contributed by atoms with Crippen LogP contribution in [0.25, 0.3) is 5.78 Å². The van der Waals surface area contributed by atoms with Gasteiger partial charge in [-0.25, -0.2) is 9.50 Å². The Morgan fingerprint density at radius 3 is 2.39 bits per heavy atom. The van der Waals surface area contributed by atoms with Crippen molar-refractivity contribution in [3.8, 4) is 0 Å². The summed E-state index contributed by atoms with van der Waals surface area (Å²) in [6, 6.07) is 8.91. The van der Waals surface area contributed by atoms with Crippen LogP contribution in [0.4, 0.5) is 13.2 Å². The summed E-state index contributed by atoms with van der Waals surface area (Å²) in [5.41, 5.74) is 1.97. The van der Waals surface area contributed by atoms with Crippen LogP contribution >= 0.6 is 0 Å². The van der Waals surface area contributed by atoms with E-state index in [9.17, 15) is 22.8 Å². The number of carbonyl (C=O) groups is 2. The molecule has 1 fully saturated rings. The van der Waals surface area contributed by atoms with Crippen LogP contribution < -0.4 is 5.32 Å². The standard InChI is InChI=1S/C22H23F3N6O2/c1-13-17(14(2)31-21(26-13)28-20(29-31)22(23,24)25)12-18(32)30-10-8-16(9-11-30)27-19(33)15-6-4-3-5-7-15/h3-7,16H,8-12H2,1-2H3,(H,27,33). The molecule has 0 bridgehead atoms. The Hall–Kier alpha value is -3.50. The number of hydrogen-bond acceptors (Lipinski definition) is 5. The van der Waals surface area contributed by atoms with Gasteiger partial charge < -0.3 is 10.2 Å². The molecule has 11 heteroatoms. The number of carbonyl (C=O) groups excluding carboxylic acids is 2. The second-order valence-corrected chi connectivity index (χ2v) is 8.08. The molecule has 3 heterocycles. The molecular weight excluding hydrogens is 437 g/mol. The molecule has 0 radical (unpaired) electrons. The molecule has 0 spiro atoms. The van der Waals surface area contributed by atoms with Gasteiger partial charge in [-0.1, -0.05) is 18.2 Å². The number of hydrogen-bond donors (Lipinski definition) is 1. The van der Waals surface area contributed by atoms with Crippen LogP contribution in [0.5, 0.6) is 0 Å². The SMILES string of the molecule is Cc1nc2nc(C(F)(F)F)nn2c(C)c1CC(=O)N1CCC(NC(=O)c2ccccc2)CC1. The Bertz CT molecular complexity index is 1180. The maximum Gasteiger partial charge on any atom is 0.453 e. The van der Waals surface area contributed by atoms with Gasteiger partial charge in [0.1, 0.15) is 0 Å². The van der Waals surface area contributed by atoms with Crippen LogP contribution in [-0.4, -0.2) is 55.4 Å². The molecule has 1 saturated heterocycles. The molecule has 1 N–H and O–H groups in total. The zero-order valence-corrected chi connectivity index (χ0v) is 18.2. The number of alkyl halides is 3. The lowest BCUT2D eigenvalue weighted by atomic mass is 10.0. The molecule has 3 aromatic rings. The smallest absolute Gasteiger partial charge is 0.349 e. The highest BCUT2D eigenvalue weighted by molar-refractivity contribution is 5.94. The lowest BCUT2D eigenvalue weighted by Gasteiger charge is -2.32. The molecule has 2 aromatic heterocycles. The van der Waals surface area contributed by atoms with E-state index in [1.54, 1.807) is 43.0 Å². The average molecular weight is 460 g/mol. The number of nitrogens with zero attached hydrogens (tertiary/aromatic N) is 5. The van der Waals surface area contributed by atoms with E-state index in [-0.39, 0.29) is 30.1 Å². The lowest BCUT2D eigenvalue weighted by molar-refractivity contribution is -0.144. The minimum atomic E-state index is -4.68. The van der Waals surface area contributed by atoms with Crippen molar-refractivity contribution in [3.63, 3.8) is 0 Å². The Balaban J connectivity index is 1.40. The highest BCUT2D eigenvalue weighted by Gasteiger charge is 2.37. The first-order valence-electron chi connectivity index (χ1n) is 10.6. The van der Waals surface area contributed by atoms with E-state index in [1.165, 1.54) is 0 Å². The molecule has 0 atom stereocenters. The maximum absolute atomic E-state index is 13.0. The molecule has 0 aliphatic carbocycles. The average Bonchev–Trinajstić information content (AvgIpc) is 3.22. The number of nitrogens with one attached hydrogen (secondary N) is 1. The number of rotatable bonds is 4. The van der Waals surface area contributed by atoms with E-state index < -0.39 is 12.0 Å². The lowest BCUT2D eigenvalue weighted by Crippen LogP contribution is -2.47. The Labute approximate surface area is 187 Å². The van der Waals surface area contributed by atoms with Crippen molar-refractivity contribution >= 4 is 17.6 Å². The quantitative estimate of drug-likeness (QED) is 0.647. The molecule has 2 amide bonds. The molecule has 0 unspecified atom stereocenters. The number of piperidine rings is 1. The number of amides is 2. The van der Waals surface area contributed by atoms with Crippen LogP contribution in [0.3, 0.4) is 0 Å². The summed E-state index contributed by atoms with van der Waals surface area (Å²) in [6.45, 7) is 4.20. The molecule has 174 valence electrons. The molecule has 8 nitrogen and oxygen atoms in total. The van der Waals surface area contributed by atoms with Crippen molar-refractivity contribution in [2.75, 3.05) is 13.1 Å². The topological polar surface area (TPSA) is 92.5 Å². The van der Waals surface area contributed by atoms with Crippen molar-refractivity contribution in [1.29, 1.82) is 0 Å². The second kappa shape index (κ2) is 8.80. The third-order valence-corrected chi connectivity index (χ3v) is 5.85. The van der Waals surface area contributed by atoms with E-state index in [4.69, 9.17) is 0 Å². The third kappa shape index (κ3) is 4.81. The van der Waals surface area contributed by atoms with Crippen molar-refractivity contribution in [1.82, 2.24) is 29.8 Å². The molecule has 0 saturated carbocycles. The van der Waals surface area contributed by atoms with Crippen molar-refractivity contribution in [2.24, 2.45) is 0 Å². The first-order chi connectivity index (χ1) is 15.6. The number of halogens is 3. The van der Waals surface area contributed by atoms with Gasteiger partial charge in [0, 0.05) is 41.6 Å². The molecule has 1 aliphatic rings. The van der Waals surface area contributed by atoms with E-state index in [0.29, 0.717) is 48.4 Å². The van der Waals surface area contributed by atoms with Gasteiger partial charge in [0.25, 0.3) is 17.5 Å². The van der Waals surface area contributed by atoms with Gasteiger partial charge in [0.05, 0.1) is 6.42 Å². The van der Waals surface area contributed by atoms with Crippen LogP contribution in [0.2, 0.25) is 0 Å². The monoisotopic (exact) mass is 460 g/mol. The van der Waals surface area contributed by atoms with Crippen LogP contribution in [0.1, 0.15) is 46.0 Å². The Kier molecular flexibility index (Phi) is 6.05. The number of benzene rings is 1. The summed E-state index contributed by atoms with van der Waals surface area (Å²) < 4.78 is 39.9. The van der Waals surface area contributed by atoms with Crippen LogP contribution in [0.15, 0.2) is 30.3 Å². The van der Waals surface area contributed by atoms with Gasteiger partial charge in [0.2, 0.25) is 5.91 Å². The maximum atomic E-state index is 13.0. The summed E-state index contributed by atoms with van der Waals surface area (Å²) >= 11 is 0. The van der Waals surface area contributed by atoms with Crippen LogP contribution in [-0.2, 0) is 17.4 Å². The molecular formula is C22H23F3N6O2. The summed E-state index contributed by atoms with van der Waals surface area (Å²) in [5.74, 6) is -1.70. The minimum Gasteiger partial charge on any atom is -0.349 e. The van der Waals surface area contributed by atoms with Crippen LogP contribution in [0, 0.1) is 13.8 Å². The van der Waals surface area contributed by atoms with Gasteiger partial charge in [0.15, 0.2) is 0 Å². The zero-order chi connectivity index (χ0) is 23.8. The van der Waals surface area contributed by atoms with E-state index in [1.807, 2.05) is 6.07 Å². The van der Waals surface area contributed by atoms with E-state index in [2.05, 4.69) is 20.4 Å². The summed E-state index contributed by atoms with van der Waals surface area (Å²) in [5, 5.41) is 6.52. The number of aryl methyl sites for hydroxylation is 2. The molecule has 1 aliphatic heterocycles. The van der Waals surface area contributed by atoms with Crippen molar-refractivity contribution < 1.29 is 22.8 Å². The third-order valence-electron chi connectivity index (χ3n) is 5.85. The van der Waals surface area contributed by atoms with Gasteiger partial charge in [-0.2, -0.15) is 18.2 Å². The van der Waals surface area contributed by atoms with Gasteiger partial charge in [-0.3, -0.25) is 9.59 Å². The van der Waals surface area contributed by atoms with Crippen molar-refractivity contribution in [3.05, 3.63) is 58.7 Å². The van der Waals surface area contributed by atoms with Gasteiger partial charge in [-0.15, -0.1) is 5.10 Å².